The second-order valence-electron chi connectivity index (χ2n) is 5.45. The molecule has 0 atom stereocenters. The molecular formula is C13H18N2O3S. The molecule has 0 spiro atoms. The Hall–Kier alpha value is -1.40. The van der Waals surface area contributed by atoms with Crippen LogP contribution in [0.15, 0.2) is 29.2 Å². The van der Waals surface area contributed by atoms with Crippen LogP contribution in [0.25, 0.3) is 0 Å². The molecule has 104 valence electrons. The van der Waals surface area contributed by atoms with Gasteiger partial charge in [0.1, 0.15) is 0 Å². The molecule has 0 bridgehead atoms. The van der Waals surface area contributed by atoms with Crippen molar-refractivity contribution in [1.82, 2.24) is 4.90 Å². The summed E-state index contributed by atoms with van der Waals surface area (Å²) in [5.74, 6) is -0.145. The van der Waals surface area contributed by atoms with Crippen LogP contribution in [0, 0.1) is 0 Å². The summed E-state index contributed by atoms with van der Waals surface area (Å²) in [6, 6.07) is 5.88. The molecule has 19 heavy (non-hydrogen) atoms. The molecular weight excluding hydrogens is 264 g/mol. The third kappa shape index (κ3) is 2.79. The van der Waals surface area contributed by atoms with E-state index in [4.69, 9.17) is 5.14 Å². The van der Waals surface area contributed by atoms with Gasteiger partial charge < -0.3 is 4.90 Å². The van der Waals surface area contributed by atoms with Crippen molar-refractivity contribution in [3.05, 3.63) is 29.8 Å². The SMILES string of the molecule is CC1(C)CCCN1C(=O)c1cccc(S(N)(=O)=O)c1. The Bertz CT molecular complexity index is 608. The molecule has 2 N–H and O–H groups in total. The van der Waals surface area contributed by atoms with Gasteiger partial charge in [-0.3, -0.25) is 4.79 Å². The van der Waals surface area contributed by atoms with Gasteiger partial charge in [0.2, 0.25) is 10.0 Å². The van der Waals surface area contributed by atoms with Crippen molar-refractivity contribution in [2.24, 2.45) is 5.14 Å². The molecule has 1 aromatic rings. The Kier molecular flexibility index (Phi) is 3.40. The summed E-state index contributed by atoms with van der Waals surface area (Å²) in [7, 11) is -3.78. The van der Waals surface area contributed by atoms with E-state index in [2.05, 4.69) is 0 Å². The van der Waals surface area contributed by atoms with Crippen LogP contribution in [0.4, 0.5) is 0 Å². The van der Waals surface area contributed by atoms with E-state index < -0.39 is 10.0 Å². The third-order valence-corrected chi connectivity index (χ3v) is 4.47. The molecule has 1 aliphatic rings. The number of primary sulfonamides is 1. The number of hydrogen-bond donors (Lipinski definition) is 1. The summed E-state index contributed by atoms with van der Waals surface area (Å²) < 4.78 is 22.6. The van der Waals surface area contributed by atoms with Gasteiger partial charge in [0.15, 0.2) is 0 Å². The summed E-state index contributed by atoms with van der Waals surface area (Å²) in [6.07, 6.45) is 1.92. The topological polar surface area (TPSA) is 80.5 Å². The fourth-order valence-corrected chi connectivity index (χ4v) is 3.01. The number of rotatable bonds is 2. The number of nitrogens with two attached hydrogens (primary N) is 1. The van der Waals surface area contributed by atoms with Crippen LogP contribution in [-0.4, -0.2) is 31.3 Å². The molecule has 0 aromatic heterocycles. The van der Waals surface area contributed by atoms with Crippen LogP contribution >= 0.6 is 0 Å². The normalized spacial score (nSPS) is 18.6. The van der Waals surface area contributed by atoms with E-state index in [1.165, 1.54) is 18.2 Å². The minimum atomic E-state index is -3.78. The Labute approximate surface area is 113 Å². The molecule has 1 heterocycles. The molecule has 1 aliphatic heterocycles. The van der Waals surface area contributed by atoms with Gasteiger partial charge in [0.05, 0.1) is 4.90 Å². The Morgan fingerprint density at radius 1 is 1.37 bits per heavy atom. The smallest absolute Gasteiger partial charge is 0.254 e. The molecule has 1 aromatic carbocycles. The molecule has 0 unspecified atom stereocenters. The average molecular weight is 282 g/mol. The first-order chi connectivity index (χ1) is 8.72. The van der Waals surface area contributed by atoms with Crippen molar-refractivity contribution in [3.63, 3.8) is 0 Å². The Morgan fingerprint density at radius 2 is 2.05 bits per heavy atom. The predicted molar refractivity (Wildman–Crippen MR) is 72.2 cm³/mol. The molecule has 0 radical (unpaired) electrons. The van der Waals surface area contributed by atoms with E-state index in [0.717, 1.165) is 12.8 Å². The highest BCUT2D eigenvalue weighted by Gasteiger charge is 2.35. The first kappa shape index (κ1) is 14.0. The van der Waals surface area contributed by atoms with Gasteiger partial charge in [-0.15, -0.1) is 0 Å². The van der Waals surface area contributed by atoms with Crippen LogP contribution < -0.4 is 5.14 Å². The highest BCUT2D eigenvalue weighted by molar-refractivity contribution is 7.89. The number of hydrogen-bond acceptors (Lipinski definition) is 3. The third-order valence-electron chi connectivity index (χ3n) is 3.56. The molecule has 2 rings (SSSR count). The van der Waals surface area contributed by atoms with Crippen LogP contribution in [0.3, 0.4) is 0 Å². The average Bonchev–Trinajstić information content (AvgIpc) is 2.67. The first-order valence-corrected chi connectivity index (χ1v) is 7.71. The summed E-state index contributed by atoms with van der Waals surface area (Å²) in [4.78, 5) is 14.2. The molecule has 6 heteroatoms. The maximum Gasteiger partial charge on any atom is 0.254 e. The van der Waals surface area contributed by atoms with Crippen molar-refractivity contribution in [2.75, 3.05) is 6.54 Å². The lowest BCUT2D eigenvalue weighted by atomic mass is 10.0. The number of benzene rings is 1. The summed E-state index contributed by atoms with van der Waals surface area (Å²) in [6.45, 7) is 4.73. The van der Waals surface area contributed by atoms with E-state index in [0.29, 0.717) is 12.1 Å². The van der Waals surface area contributed by atoms with Gasteiger partial charge in [-0.05, 0) is 44.9 Å². The summed E-state index contributed by atoms with van der Waals surface area (Å²) >= 11 is 0. The van der Waals surface area contributed by atoms with Gasteiger partial charge in [-0.2, -0.15) is 0 Å². The molecule has 1 fully saturated rings. The quantitative estimate of drug-likeness (QED) is 0.889. The molecule has 0 aliphatic carbocycles. The van der Waals surface area contributed by atoms with Crippen molar-refractivity contribution in [1.29, 1.82) is 0 Å². The molecule has 0 saturated carbocycles. The maximum absolute atomic E-state index is 12.4. The van der Waals surface area contributed by atoms with E-state index in [-0.39, 0.29) is 16.3 Å². The Morgan fingerprint density at radius 3 is 2.58 bits per heavy atom. The predicted octanol–water partition coefficient (Wildman–Crippen LogP) is 1.35. The standard InChI is InChI=1S/C13H18N2O3S/c1-13(2)7-4-8-15(13)12(16)10-5-3-6-11(9-10)19(14,17)18/h3,5-6,9H,4,7-8H2,1-2H3,(H2,14,17,18). The largest absolute Gasteiger partial charge is 0.334 e. The monoisotopic (exact) mass is 282 g/mol. The number of sulfonamides is 1. The maximum atomic E-state index is 12.4. The van der Waals surface area contributed by atoms with Gasteiger partial charge in [-0.1, -0.05) is 6.07 Å². The minimum absolute atomic E-state index is 0.0321. The van der Waals surface area contributed by atoms with Crippen molar-refractivity contribution >= 4 is 15.9 Å². The second kappa shape index (κ2) is 4.61. The Balaban J connectivity index is 2.35. The number of likely N-dealkylation sites (tertiary alicyclic amines) is 1. The van der Waals surface area contributed by atoms with Crippen LogP contribution in [0.2, 0.25) is 0 Å². The molecule has 1 amide bonds. The van der Waals surface area contributed by atoms with Crippen LogP contribution in [0.1, 0.15) is 37.0 Å². The van der Waals surface area contributed by atoms with Crippen molar-refractivity contribution in [3.8, 4) is 0 Å². The van der Waals surface area contributed by atoms with Crippen LogP contribution in [0.5, 0.6) is 0 Å². The first-order valence-electron chi connectivity index (χ1n) is 6.17. The zero-order valence-corrected chi connectivity index (χ0v) is 11.9. The van der Waals surface area contributed by atoms with Gasteiger partial charge in [-0.25, -0.2) is 13.6 Å². The highest BCUT2D eigenvalue weighted by Crippen LogP contribution is 2.29. The van der Waals surface area contributed by atoms with E-state index >= 15 is 0 Å². The number of carbonyl (C=O) groups excluding carboxylic acids is 1. The van der Waals surface area contributed by atoms with Crippen LogP contribution in [-0.2, 0) is 10.0 Å². The highest BCUT2D eigenvalue weighted by atomic mass is 32.2. The zero-order chi connectivity index (χ0) is 14.3. The lowest BCUT2D eigenvalue weighted by Crippen LogP contribution is -2.42. The lowest BCUT2D eigenvalue weighted by Gasteiger charge is -2.31. The molecule has 1 saturated heterocycles. The summed E-state index contributed by atoms with van der Waals surface area (Å²) in [5.41, 5.74) is 0.177. The number of nitrogens with zero attached hydrogens (tertiary/aromatic N) is 1. The molecule has 5 nitrogen and oxygen atoms in total. The fourth-order valence-electron chi connectivity index (χ4n) is 2.45. The fraction of sp³-hybridized carbons (Fsp3) is 0.462. The number of amides is 1. The van der Waals surface area contributed by atoms with Gasteiger partial charge >= 0.3 is 0 Å². The van der Waals surface area contributed by atoms with E-state index in [1.807, 2.05) is 13.8 Å². The zero-order valence-electron chi connectivity index (χ0n) is 11.1. The van der Waals surface area contributed by atoms with Crippen molar-refractivity contribution in [2.45, 2.75) is 37.1 Å². The minimum Gasteiger partial charge on any atom is -0.334 e. The van der Waals surface area contributed by atoms with Crippen molar-refractivity contribution < 1.29 is 13.2 Å². The lowest BCUT2D eigenvalue weighted by molar-refractivity contribution is 0.0651. The second-order valence-corrected chi connectivity index (χ2v) is 7.01. The number of carbonyl (C=O) groups is 1. The van der Waals surface area contributed by atoms with E-state index in [9.17, 15) is 13.2 Å². The summed E-state index contributed by atoms with van der Waals surface area (Å²) in [5, 5.41) is 5.08. The van der Waals surface area contributed by atoms with E-state index in [1.54, 1.807) is 11.0 Å². The van der Waals surface area contributed by atoms with Gasteiger partial charge in [0.25, 0.3) is 5.91 Å². The van der Waals surface area contributed by atoms with Gasteiger partial charge in [0, 0.05) is 17.6 Å².